The molecule has 0 fully saturated rings. The van der Waals surface area contributed by atoms with Crippen LogP contribution in [0, 0.1) is 0 Å². The van der Waals surface area contributed by atoms with Gasteiger partial charge in [-0.2, -0.15) is 0 Å². The summed E-state index contributed by atoms with van der Waals surface area (Å²) in [6.45, 7) is 2.76. The Morgan fingerprint density at radius 3 is 3.00 bits per heavy atom. The van der Waals surface area contributed by atoms with Crippen molar-refractivity contribution in [1.29, 1.82) is 0 Å². The van der Waals surface area contributed by atoms with Crippen molar-refractivity contribution in [1.82, 2.24) is 15.3 Å². The molecular formula is C8H17N3O. The standard InChI is InChI=1S/C8H17N3O/c1-10(5-6-12)7-8-3-4-9-11(8)2/h3,9,12H,4-7H2,1-2H3. The fourth-order valence-electron chi connectivity index (χ4n) is 1.24. The van der Waals surface area contributed by atoms with Crippen LogP contribution in [-0.4, -0.2) is 55.4 Å². The summed E-state index contributed by atoms with van der Waals surface area (Å²) in [6, 6.07) is 0. The monoisotopic (exact) mass is 171 g/mol. The molecule has 0 atom stereocenters. The molecule has 1 aliphatic heterocycles. The van der Waals surface area contributed by atoms with Gasteiger partial charge in [-0.25, -0.2) is 5.43 Å². The van der Waals surface area contributed by atoms with E-state index in [2.05, 4.69) is 16.4 Å². The lowest BCUT2D eigenvalue weighted by Gasteiger charge is -2.21. The van der Waals surface area contributed by atoms with E-state index in [1.807, 2.05) is 19.1 Å². The van der Waals surface area contributed by atoms with Crippen LogP contribution in [0.1, 0.15) is 0 Å². The molecule has 1 aliphatic rings. The quantitative estimate of drug-likeness (QED) is 0.583. The predicted octanol–water partition coefficient (Wildman–Crippen LogP) is -0.756. The molecular weight excluding hydrogens is 154 g/mol. The van der Waals surface area contributed by atoms with E-state index in [0.717, 1.165) is 19.6 Å². The zero-order valence-corrected chi connectivity index (χ0v) is 7.75. The minimum Gasteiger partial charge on any atom is -0.395 e. The smallest absolute Gasteiger partial charge is 0.0558 e. The molecule has 0 radical (unpaired) electrons. The van der Waals surface area contributed by atoms with Gasteiger partial charge in [0.05, 0.1) is 6.61 Å². The molecule has 0 saturated carbocycles. The third kappa shape index (κ3) is 2.48. The lowest BCUT2D eigenvalue weighted by Crippen LogP contribution is -2.33. The van der Waals surface area contributed by atoms with E-state index in [-0.39, 0.29) is 6.61 Å². The SMILES string of the molecule is CN(CCO)CC1=CCNN1C. The molecule has 0 aliphatic carbocycles. The molecule has 0 spiro atoms. The lowest BCUT2D eigenvalue weighted by atomic mass is 10.4. The molecule has 0 aromatic heterocycles. The topological polar surface area (TPSA) is 38.7 Å². The van der Waals surface area contributed by atoms with Gasteiger partial charge in [0.15, 0.2) is 0 Å². The summed E-state index contributed by atoms with van der Waals surface area (Å²) in [5, 5.41) is 10.7. The van der Waals surface area contributed by atoms with Crippen molar-refractivity contribution in [3.05, 3.63) is 11.8 Å². The summed E-state index contributed by atoms with van der Waals surface area (Å²) < 4.78 is 0. The molecule has 70 valence electrons. The summed E-state index contributed by atoms with van der Waals surface area (Å²) in [6.07, 6.45) is 2.16. The van der Waals surface area contributed by atoms with E-state index in [9.17, 15) is 0 Å². The first kappa shape index (κ1) is 9.51. The fourth-order valence-corrected chi connectivity index (χ4v) is 1.24. The zero-order valence-electron chi connectivity index (χ0n) is 7.75. The molecule has 1 rings (SSSR count). The summed E-state index contributed by atoms with van der Waals surface area (Å²) in [5.74, 6) is 0. The number of hydrogen-bond donors (Lipinski definition) is 2. The Labute approximate surface area is 73.4 Å². The van der Waals surface area contributed by atoms with Gasteiger partial charge in [-0.3, -0.25) is 4.90 Å². The summed E-state index contributed by atoms with van der Waals surface area (Å²) in [5.41, 5.74) is 4.44. The number of nitrogens with one attached hydrogen (secondary N) is 1. The first-order valence-corrected chi connectivity index (χ1v) is 4.19. The summed E-state index contributed by atoms with van der Waals surface area (Å²) in [7, 11) is 4.01. The number of hydrogen-bond acceptors (Lipinski definition) is 4. The maximum atomic E-state index is 8.69. The minimum absolute atomic E-state index is 0.223. The van der Waals surface area contributed by atoms with Crippen molar-refractivity contribution in [2.24, 2.45) is 0 Å². The van der Waals surface area contributed by atoms with Crippen molar-refractivity contribution < 1.29 is 5.11 Å². The summed E-state index contributed by atoms with van der Waals surface area (Å²) in [4.78, 5) is 2.09. The van der Waals surface area contributed by atoms with Crippen LogP contribution in [0.15, 0.2) is 11.8 Å². The first-order chi connectivity index (χ1) is 5.74. The average molecular weight is 171 g/mol. The van der Waals surface area contributed by atoms with E-state index < -0.39 is 0 Å². The van der Waals surface area contributed by atoms with E-state index in [1.54, 1.807) is 0 Å². The second-order valence-electron chi connectivity index (χ2n) is 3.08. The Balaban J connectivity index is 2.30. The molecule has 4 heteroatoms. The Morgan fingerprint density at radius 2 is 2.50 bits per heavy atom. The zero-order chi connectivity index (χ0) is 8.97. The maximum absolute atomic E-state index is 8.69. The Bertz CT molecular complexity index is 170. The molecule has 0 saturated heterocycles. The second kappa shape index (κ2) is 4.45. The van der Waals surface area contributed by atoms with Crippen molar-refractivity contribution in [3.8, 4) is 0 Å². The number of likely N-dealkylation sites (N-methyl/N-ethyl adjacent to an activating group) is 2. The van der Waals surface area contributed by atoms with Crippen molar-refractivity contribution in [2.45, 2.75) is 0 Å². The molecule has 0 unspecified atom stereocenters. The third-order valence-electron chi connectivity index (χ3n) is 2.01. The number of rotatable bonds is 4. The molecule has 0 aromatic carbocycles. The van der Waals surface area contributed by atoms with Crippen LogP contribution in [0.4, 0.5) is 0 Å². The molecule has 0 aromatic rings. The first-order valence-electron chi connectivity index (χ1n) is 4.19. The van der Waals surface area contributed by atoms with Crippen LogP contribution in [0.3, 0.4) is 0 Å². The van der Waals surface area contributed by atoms with E-state index in [4.69, 9.17) is 5.11 Å². The van der Waals surface area contributed by atoms with Crippen LogP contribution in [0.5, 0.6) is 0 Å². The average Bonchev–Trinajstić information content (AvgIpc) is 2.37. The highest BCUT2D eigenvalue weighted by molar-refractivity contribution is 5.07. The third-order valence-corrected chi connectivity index (χ3v) is 2.01. The minimum atomic E-state index is 0.223. The maximum Gasteiger partial charge on any atom is 0.0558 e. The van der Waals surface area contributed by atoms with E-state index >= 15 is 0 Å². The van der Waals surface area contributed by atoms with Gasteiger partial charge in [-0.15, -0.1) is 0 Å². The van der Waals surface area contributed by atoms with E-state index in [0.29, 0.717) is 0 Å². The van der Waals surface area contributed by atoms with Crippen LogP contribution < -0.4 is 5.43 Å². The van der Waals surface area contributed by atoms with Gasteiger partial charge in [0.1, 0.15) is 0 Å². The molecule has 0 bridgehead atoms. The van der Waals surface area contributed by atoms with Crippen LogP contribution in [0.25, 0.3) is 0 Å². The van der Waals surface area contributed by atoms with Crippen LogP contribution >= 0.6 is 0 Å². The predicted molar refractivity (Wildman–Crippen MR) is 48.4 cm³/mol. The molecule has 0 amide bonds. The largest absolute Gasteiger partial charge is 0.395 e. The Hall–Kier alpha value is -0.580. The normalized spacial score (nSPS) is 17.3. The van der Waals surface area contributed by atoms with Crippen molar-refractivity contribution in [3.63, 3.8) is 0 Å². The highest BCUT2D eigenvalue weighted by Crippen LogP contribution is 2.04. The lowest BCUT2D eigenvalue weighted by molar-refractivity contribution is 0.216. The van der Waals surface area contributed by atoms with Crippen LogP contribution in [0.2, 0.25) is 0 Å². The van der Waals surface area contributed by atoms with Gasteiger partial charge in [0, 0.05) is 32.4 Å². The Morgan fingerprint density at radius 1 is 1.75 bits per heavy atom. The highest BCUT2D eigenvalue weighted by atomic mass is 16.3. The molecule has 12 heavy (non-hydrogen) atoms. The number of hydrazine groups is 1. The van der Waals surface area contributed by atoms with Gasteiger partial charge in [0.2, 0.25) is 0 Å². The number of nitrogens with zero attached hydrogens (tertiary/aromatic N) is 2. The number of aliphatic hydroxyl groups is 1. The highest BCUT2D eigenvalue weighted by Gasteiger charge is 2.11. The van der Waals surface area contributed by atoms with Gasteiger partial charge in [0.25, 0.3) is 0 Å². The second-order valence-corrected chi connectivity index (χ2v) is 3.08. The molecule has 1 heterocycles. The Kier molecular flexibility index (Phi) is 3.52. The van der Waals surface area contributed by atoms with Gasteiger partial charge < -0.3 is 10.1 Å². The van der Waals surface area contributed by atoms with Crippen LogP contribution in [-0.2, 0) is 0 Å². The van der Waals surface area contributed by atoms with Gasteiger partial charge in [-0.1, -0.05) is 0 Å². The van der Waals surface area contributed by atoms with Crippen molar-refractivity contribution in [2.75, 3.05) is 40.3 Å². The molecule has 4 nitrogen and oxygen atoms in total. The molecule has 2 N–H and O–H groups in total. The van der Waals surface area contributed by atoms with E-state index in [1.165, 1.54) is 5.70 Å². The van der Waals surface area contributed by atoms with Gasteiger partial charge >= 0.3 is 0 Å². The fraction of sp³-hybridized carbons (Fsp3) is 0.750. The summed E-state index contributed by atoms with van der Waals surface area (Å²) >= 11 is 0. The van der Waals surface area contributed by atoms with Crippen molar-refractivity contribution >= 4 is 0 Å². The number of aliphatic hydroxyl groups excluding tert-OH is 1. The van der Waals surface area contributed by atoms with Gasteiger partial charge in [-0.05, 0) is 13.1 Å².